The van der Waals surface area contributed by atoms with Gasteiger partial charge in [0.05, 0.1) is 5.69 Å². The number of ether oxygens (including phenoxy) is 1. The SMILES string of the molecule is Cc1cc(C)c2nc(C[C@@H]3CCCCN3C(=O)OC(C)(C)C)cn2c1. The molecule has 0 bridgehead atoms. The molecule has 1 saturated heterocycles. The predicted octanol–water partition coefficient (Wildman–Crippen LogP) is 4.28. The zero-order chi connectivity index (χ0) is 18.2. The lowest BCUT2D eigenvalue weighted by Crippen LogP contribution is -2.47. The number of carbonyl (C=O) groups is 1. The Balaban J connectivity index is 1.80. The average molecular weight is 343 g/mol. The van der Waals surface area contributed by atoms with Gasteiger partial charge in [-0.05, 0) is 65.0 Å². The van der Waals surface area contributed by atoms with Crippen LogP contribution in [0.5, 0.6) is 0 Å². The molecule has 0 aliphatic carbocycles. The summed E-state index contributed by atoms with van der Waals surface area (Å²) in [5, 5.41) is 0. The number of fused-ring (bicyclic) bond motifs is 1. The Labute approximate surface area is 150 Å². The van der Waals surface area contributed by atoms with Gasteiger partial charge in [0.2, 0.25) is 0 Å². The fourth-order valence-electron chi connectivity index (χ4n) is 3.61. The zero-order valence-electron chi connectivity index (χ0n) is 16.0. The molecule has 2 aromatic heterocycles. The number of rotatable bonds is 2. The number of hydrogen-bond acceptors (Lipinski definition) is 3. The van der Waals surface area contributed by atoms with E-state index in [4.69, 9.17) is 9.72 Å². The van der Waals surface area contributed by atoms with E-state index >= 15 is 0 Å². The molecular formula is C20H29N3O2. The number of carbonyl (C=O) groups excluding carboxylic acids is 1. The van der Waals surface area contributed by atoms with E-state index in [0.29, 0.717) is 0 Å². The van der Waals surface area contributed by atoms with Gasteiger partial charge in [0, 0.05) is 31.4 Å². The monoisotopic (exact) mass is 343 g/mol. The van der Waals surface area contributed by atoms with Gasteiger partial charge in [0.15, 0.2) is 0 Å². The largest absolute Gasteiger partial charge is 0.444 e. The van der Waals surface area contributed by atoms with Gasteiger partial charge in [-0.15, -0.1) is 0 Å². The standard InChI is InChI=1S/C20H29N3O2/c1-14-10-15(2)18-21-16(13-22(18)12-14)11-17-8-6-7-9-23(17)19(24)25-20(3,4)5/h10,12-13,17H,6-9,11H2,1-5H3/t17-/m0/s1. The quantitative estimate of drug-likeness (QED) is 0.817. The molecule has 5 nitrogen and oxygen atoms in total. The van der Waals surface area contributed by atoms with Gasteiger partial charge in [-0.25, -0.2) is 9.78 Å². The number of imidazole rings is 1. The molecule has 0 saturated carbocycles. The number of pyridine rings is 1. The van der Waals surface area contributed by atoms with Crippen molar-refractivity contribution >= 4 is 11.7 Å². The van der Waals surface area contributed by atoms with Crippen LogP contribution < -0.4 is 0 Å². The highest BCUT2D eigenvalue weighted by atomic mass is 16.6. The third-order valence-corrected chi connectivity index (χ3v) is 4.62. The molecule has 1 aliphatic heterocycles. The van der Waals surface area contributed by atoms with Gasteiger partial charge in [-0.2, -0.15) is 0 Å². The first-order valence-corrected chi connectivity index (χ1v) is 9.17. The molecule has 2 aromatic rings. The third-order valence-electron chi connectivity index (χ3n) is 4.62. The van der Waals surface area contributed by atoms with Crippen LogP contribution in [-0.4, -0.2) is 38.6 Å². The van der Waals surface area contributed by atoms with Crippen molar-refractivity contribution in [3.05, 3.63) is 35.3 Å². The van der Waals surface area contributed by atoms with Crippen LogP contribution in [0.3, 0.4) is 0 Å². The second-order valence-electron chi connectivity index (χ2n) is 8.19. The summed E-state index contributed by atoms with van der Waals surface area (Å²) in [7, 11) is 0. The molecule has 25 heavy (non-hydrogen) atoms. The molecule has 1 atom stereocenters. The molecule has 3 heterocycles. The summed E-state index contributed by atoms with van der Waals surface area (Å²) in [5.41, 5.74) is 3.98. The van der Waals surface area contributed by atoms with Gasteiger partial charge in [-0.3, -0.25) is 0 Å². The summed E-state index contributed by atoms with van der Waals surface area (Å²) in [6, 6.07) is 2.31. The highest BCUT2D eigenvalue weighted by Crippen LogP contribution is 2.24. The third kappa shape index (κ3) is 4.14. The maximum atomic E-state index is 12.6. The van der Waals surface area contributed by atoms with Crippen molar-refractivity contribution in [1.29, 1.82) is 0 Å². The maximum Gasteiger partial charge on any atom is 0.410 e. The van der Waals surface area contributed by atoms with E-state index in [9.17, 15) is 4.79 Å². The van der Waals surface area contributed by atoms with Crippen molar-refractivity contribution in [2.24, 2.45) is 0 Å². The molecule has 3 rings (SSSR count). The Kier molecular flexibility index (Phi) is 4.76. The van der Waals surface area contributed by atoms with Gasteiger partial charge in [0.1, 0.15) is 11.2 Å². The minimum Gasteiger partial charge on any atom is -0.444 e. The van der Waals surface area contributed by atoms with Crippen molar-refractivity contribution in [2.75, 3.05) is 6.54 Å². The van der Waals surface area contributed by atoms with Gasteiger partial charge >= 0.3 is 6.09 Å². The molecule has 1 amide bonds. The Morgan fingerprint density at radius 3 is 2.76 bits per heavy atom. The van der Waals surface area contributed by atoms with Crippen LogP contribution in [0.2, 0.25) is 0 Å². The molecule has 0 radical (unpaired) electrons. The fraction of sp³-hybridized carbons (Fsp3) is 0.600. The number of piperidine rings is 1. The molecular weight excluding hydrogens is 314 g/mol. The van der Waals surface area contributed by atoms with Crippen LogP contribution in [0, 0.1) is 13.8 Å². The summed E-state index contributed by atoms with van der Waals surface area (Å²) >= 11 is 0. The zero-order valence-corrected chi connectivity index (χ0v) is 16.0. The van der Waals surface area contributed by atoms with Gasteiger partial charge in [-0.1, -0.05) is 6.07 Å². The second kappa shape index (κ2) is 6.70. The molecule has 136 valence electrons. The smallest absolute Gasteiger partial charge is 0.410 e. The van der Waals surface area contributed by atoms with Crippen LogP contribution in [-0.2, 0) is 11.2 Å². The van der Waals surface area contributed by atoms with Crippen LogP contribution in [0.1, 0.15) is 56.9 Å². The Bertz CT molecular complexity index is 773. The predicted molar refractivity (Wildman–Crippen MR) is 98.9 cm³/mol. The topological polar surface area (TPSA) is 46.8 Å². The van der Waals surface area contributed by atoms with Crippen molar-refractivity contribution in [1.82, 2.24) is 14.3 Å². The first-order valence-electron chi connectivity index (χ1n) is 9.17. The number of likely N-dealkylation sites (tertiary alicyclic amines) is 1. The molecule has 1 aliphatic rings. The Hall–Kier alpha value is -2.04. The first-order chi connectivity index (χ1) is 11.7. The van der Waals surface area contributed by atoms with E-state index in [-0.39, 0.29) is 12.1 Å². The lowest BCUT2D eigenvalue weighted by atomic mass is 9.98. The van der Waals surface area contributed by atoms with E-state index in [1.54, 1.807) is 0 Å². The number of aryl methyl sites for hydroxylation is 2. The number of nitrogens with zero attached hydrogens (tertiary/aromatic N) is 3. The Morgan fingerprint density at radius 2 is 2.04 bits per heavy atom. The van der Waals surface area contributed by atoms with E-state index in [1.165, 1.54) is 11.1 Å². The van der Waals surface area contributed by atoms with E-state index in [2.05, 4.69) is 36.7 Å². The summed E-state index contributed by atoms with van der Waals surface area (Å²) in [6.07, 6.45) is 7.97. The van der Waals surface area contributed by atoms with Crippen LogP contribution in [0.4, 0.5) is 4.79 Å². The number of hydrogen-bond donors (Lipinski definition) is 0. The number of amides is 1. The molecule has 0 aromatic carbocycles. The normalized spacial score (nSPS) is 18.6. The van der Waals surface area contributed by atoms with Gasteiger partial charge < -0.3 is 14.0 Å². The fourth-order valence-corrected chi connectivity index (χ4v) is 3.61. The van der Waals surface area contributed by atoms with Gasteiger partial charge in [0.25, 0.3) is 0 Å². The lowest BCUT2D eigenvalue weighted by Gasteiger charge is -2.36. The van der Waals surface area contributed by atoms with E-state index in [0.717, 1.165) is 43.6 Å². The molecule has 5 heteroatoms. The summed E-state index contributed by atoms with van der Waals surface area (Å²) < 4.78 is 7.70. The summed E-state index contributed by atoms with van der Waals surface area (Å²) in [4.78, 5) is 19.3. The minimum atomic E-state index is -0.461. The molecule has 0 spiro atoms. The maximum absolute atomic E-state index is 12.6. The first kappa shape index (κ1) is 17.8. The van der Waals surface area contributed by atoms with Crippen molar-refractivity contribution in [2.45, 2.75) is 71.9 Å². The molecule has 1 fully saturated rings. The number of aromatic nitrogens is 2. The minimum absolute atomic E-state index is 0.162. The highest BCUT2D eigenvalue weighted by molar-refractivity contribution is 5.68. The van der Waals surface area contributed by atoms with Crippen LogP contribution >= 0.6 is 0 Å². The van der Waals surface area contributed by atoms with E-state index in [1.807, 2.05) is 25.7 Å². The molecule has 0 unspecified atom stereocenters. The molecule has 0 N–H and O–H groups in total. The highest BCUT2D eigenvalue weighted by Gasteiger charge is 2.31. The summed E-state index contributed by atoms with van der Waals surface area (Å²) in [6.45, 7) is 10.7. The van der Waals surface area contributed by atoms with Crippen molar-refractivity contribution in [3.8, 4) is 0 Å². The summed E-state index contributed by atoms with van der Waals surface area (Å²) in [5.74, 6) is 0. The average Bonchev–Trinajstić information content (AvgIpc) is 2.88. The van der Waals surface area contributed by atoms with E-state index < -0.39 is 5.60 Å². The van der Waals surface area contributed by atoms with Crippen molar-refractivity contribution < 1.29 is 9.53 Å². The van der Waals surface area contributed by atoms with Crippen LogP contribution in [0.25, 0.3) is 5.65 Å². The van der Waals surface area contributed by atoms with Crippen molar-refractivity contribution in [3.63, 3.8) is 0 Å². The lowest BCUT2D eigenvalue weighted by molar-refractivity contribution is 0.00986. The Morgan fingerprint density at radius 1 is 1.28 bits per heavy atom. The van der Waals surface area contributed by atoms with Crippen LogP contribution in [0.15, 0.2) is 18.5 Å². The second-order valence-corrected chi connectivity index (χ2v) is 8.19.